The van der Waals surface area contributed by atoms with Crippen LogP contribution in [0.2, 0.25) is 0 Å². The Bertz CT molecular complexity index is 683. The molecule has 0 spiro atoms. The van der Waals surface area contributed by atoms with Crippen LogP contribution in [0.25, 0.3) is 0 Å². The summed E-state index contributed by atoms with van der Waals surface area (Å²) >= 11 is 3.45. The first kappa shape index (κ1) is 18.7. The summed E-state index contributed by atoms with van der Waals surface area (Å²) in [5.74, 6) is 6.38. The van der Waals surface area contributed by atoms with Crippen molar-refractivity contribution in [2.45, 2.75) is 25.9 Å². The lowest BCUT2D eigenvalue weighted by molar-refractivity contribution is 0.0864. The molecule has 0 aliphatic rings. The van der Waals surface area contributed by atoms with Crippen LogP contribution in [0, 0.1) is 11.8 Å². The van der Waals surface area contributed by atoms with Gasteiger partial charge in [0.25, 0.3) is 0 Å². The predicted molar refractivity (Wildman–Crippen MR) is 104 cm³/mol. The van der Waals surface area contributed by atoms with Crippen LogP contribution in [-0.4, -0.2) is 29.6 Å². The highest BCUT2D eigenvalue weighted by Crippen LogP contribution is 2.33. The molecular weight excluding hydrogens is 362 g/mol. The smallest absolute Gasteiger partial charge is 0.125 e. The van der Waals surface area contributed by atoms with Crippen molar-refractivity contribution in [3.05, 3.63) is 70.2 Å². The molecule has 1 N–H and O–H groups in total. The molecule has 2 aromatic rings. The predicted octanol–water partition coefficient (Wildman–Crippen LogP) is 4.42. The van der Waals surface area contributed by atoms with Gasteiger partial charge in [-0.3, -0.25) is 4.90 Å². The number of nitrogens with zero attached hydrogens (tertiary/aromatic N) is 1. The quantitative estimate of drug-likeness (QED) is 0.743. The normalized spacial score (nSPS) is 13.2. The molecular formula is C21H24BrNO. The fourth-order valence-electron chi connectivity index (χ4n) is 2.62. The maximum absolute atomic E-state index is 11.4. The molecule has 0 heterocycles. The standard InChI is InChI=1S/C21H24BrNO/c1-3-23(4-2)17-9-8-16-21(24,18-10-6-5-7-11-18)19-12-14-20(22)15-13-19/h5-7,10-15,24H,3-4,16-17H2,1-2H3/t21-/m0/s1. The Morgan fingerprint density at radius 1 is 0.917 bits per heavy atom. The Hall–Kier alpha value is -1.60. The lowest BCUT2D eigenvalue weighted by Gasteiger charge is -2.27. The van der Waals surface area contributed by atoms with Crippen LogP contribution in [0.5, 0.6) is 0 Å². The summed E-state index contributed by atoms with van der Waals surface area (Å²) in [6.45, 7) is 6.97. The number of halogens is 1. The van der Waals surface area contributed by atoms with E-state index in [0.717, 1.165) is 35.2 Å². The van der Waals surface area contributed by atoms with Crippen molar-refractivity contribution in [3.63, 3.8) is 0 Å². The Balaban J connectivity index is 2.27. The third-order valence-electron chi connectivity index (χ3n) is 4.24. The molecule has 0 unspecified atom stereocenters. The van der Waals surface area contributed by atoms with Gasteiger partial charge in [0.2, 0.25) is 0 Å². The van der Waals surface area contributed by atoms with Gasteiger partial charge in [-0.1, -0.05) is 84.1 Å². The maximum Gasteiger partial charge on any atom is 0.125 e. The van der Waals surface area contributed by atoms with Crippen molar-refractivity contribution in [2.75, 3.05) is 19.6 Å². The van der Waals surface area contributed by atoms with Crippen LogP contribution >= 0.6 is 15.9 Å². The van der Waals surface area contributed by atoms with Crippen LogP contribution in [0.15, 0.2) is 59.1 Å². The Morgan fingerprint density at radius 2 is 1.50 bits per heavy atom. The van der Waals surface area contributed by atoms with Crippen LogP contribution in [0.4, 0.5) is 0 Å². The van der Waals surface area contributed by atoms with E-state index in [1.165, 1.54) is 0 Å². The van der Waals surface area contributed by atoms with E-state index in [-0.39, 0.29) is 0 Å². The van der Waals surface area contributed by atoms with Crippen molar-refractivity contribution in [2.24, 2.45) is 0 Å². The highest BCUT2D eigenvalue weighted by molar-refractivity contribution is 9.10. The van der Waals surface area contributed by atoms with Crippen LogP contribution in [0.1, 0.15) is 31.4 Å². The lowest BCUT2D eigenvalue weighted by Crippen LogP contribution is -2.27. The zero-order valence-electron chi connectivity index (χ0n) is 14.3. The summed E-state index contributed by atoms with van der Waals surface area (Å²) in [5, 5.41) is 11.4. The minimum atomic E-state index is -1.10. The van der Waals surface area contributed by atoms with Gasteiger partial charge in [0.1, 0.15) is 5.60 Å². The number of hydrogen-bond acceptors (Lipinski definition) is 2. The Morgan fingerprint density at radius 3 is 2.08 bits per heavy atom. The molecule has 0 saturated carbocycles. The van der Waals surface area contributed by atoms with Gasteiger partial charge in [-0.25, -0.2) is 0 Å². The van der Waals surface area contributed by atoms with Crippen molar-refractivity contribution in [3.8, 4) is 11.8 Å². The SMILES string of the molecule is CCN(CC)CC#CC[C@](O)(c1ccccc1)c1ccc(Br)cc1. The highest BCUT2D eigenvalue weighted by Gasteiger charge is 2.30. The largest absolute Gasteiger partial charge is 0.379 e. The fourth-order valence-corrected chi connectivity index (χ4v) is 2.88. The molecule has 0 bridgehead atoms. The van der Waals surface area contributed by atoms with E-state index in [1.54, 1.807) is 0 Å². The van der Waals surface area contributed by atoms with Crippen molar-refractivity contribution < 1.29 is 5.11 Å². The molecule has 0 aromatic heterocycles. The molecule has 2 rings (SSSR count). The topological polar surface area (TPSA) is 23.5 Å². The van der Waals surface area contributed by atoms with Crippen molar-refractivity contribution in [1.29, 1.82) is 0 Å². The number of benzene rings is 2. The summed E-state index contributed by atoms with van der Waals surface area (Å²) in [5.41, 5.74) is 0.622. The first-order chi connectivity index (χ1) is 11.6. The third-order valence-corrected chi connectivity index (χ3v) is 4.77. The van der Waals surface area contributed by atoms with Gasteiger partial charge in [0.05, 0.1) is 6.54 Å². The second kappa shape index (κ2) is 9.03. The second-order valence-corrected chi connectivity index (χ2v) is 6.64. The molecule has 0 amide bonds. The van der Waals surface area contributed by atoms with Gasteiger partial charge in [0.15, 0.2) is 0 Å². The summed E-state index contributed by atoms with van der Waals surface area (Å²) in [4.78, 5) is 2.26. The summed E-state index contributed by atoms with van der Waals surface area (Å²) in [6, 6.07) is 17.6. The van der Waals surface area contributed by atoms with E-state index in [0.29, 0.717) is 6.42 Å². The van der Waals surface area contributed by atoms with Gasteiger partial charge in [0, 0.05) is 10.9 Å². The average Bonchev–Trinajstić information content (AvgIpc) is 2.63. The van der Waals surface area contributed by atoms with Crippen LogP contribution in [-0.2, 0) is 5.60 Å². The minimum absolute atomic E-state index is 0.375. The van der Waals surface area contributed by atoms with E-state index in [4.69, 9.17) is 0 Å². The minimum Gasteiger partial charge on any atom is -0.379 e. The molecule has 24 heavy (non-hydrogen) atoms. The van der Waals surface area contributed by atoms with E-state index in [9.17, 15) is 5.11 Å². The van der Waals surface area contributed by atoms with Crippen LogP contribution in [0.3, 0.4) is 0 Å². The molecule has 0 aliphatic carbocycles. The molecule has 2 aromatic carbocycles. The fraction of sp³-hybridized carbons (Fsp3) is 0.333. The molecule has 3 heteroatoms. The molecule has 0 fully saturated rings. The zero-order valence-corrected chi connectivity index (χ0v) is 15.9. The second-order valence-electron chi connectivity index (χ2n) is 5.72. The molecule has 0 saturated heterocycles. The lowest BCUT2D eigenvalue weighted by atomic mass is 9.84. The molecule has 2 nitrogen and oxygen atoms in total. The van der Waals surface area contributed by atoms with E-state index >= 15 is 0 Å². The summed E-state index contributed by atoms with van der Waals surface area (Å²) < 4.78 is 0.995. The van der Waals surface area contributed by atoms with Crippen molar-refractivity contribution >= 4 is 15.9 Å². The monoisotopic (exact) mass is 385 g/mol. The molecule has 126 valence electrons. The van der Waals surface area contributed by atoms with Gasteiger partial charge in [-0.2, -0.15) is 0 Å². The highest BCUT2D eigenvalue weighted by atomic mass is 79.9. The third kappa shape index (κ3) is 4.70. The first-order valence-corrected chi connectivity index (χ1v) is 9.11. The Kier molecular flexibility index (Phi) is 7.05. The van der Waals surface area contributed by atoms with E-state index in [1.807, 2.05) is 54.6 Å². The molecule has 1 atom stereocenters. The number of rotatable bonds is 6. The number of aliphatic hydroxyl groups is 1. The summed E-state index contributed by atoms with van der Waals surface area (Å²) in [6.07, 6.45) is 0.375. The Labute approximate surface area is 153 Å². The first-order valence-electron chi connectivity index (χ1n) is 8.32. The molecule has 0 aliphatic heterocycles. The average molecular weight is 386 g/mol. The van der Waals surface area contributed by atoms with Crippen LogP contribution < -0.4 is 0 Å². The van der Waals surface area contributed by atoms with Gasteiger partial charge in [-0.05, 0) is 36.3 Å². The van der Waals surface area contributed by atoms with Gasteiger partial charge >= 0.3 is 0 Å². The number of hydrogen-bond donors (Lipinski definition) is 1. The van der Waals surface area contributed by atoms with E-state index < -0.39 is 5.60 Å². The van der Waals surface area contributed by atoms with Crippen molar-refractivity contribution in [1.82, 2.24) is 4.90 Å². The van der Waals surface area contributed by atoms with E-state index in [2.05, 4.69) is 46.5 Å². The maximum atomic E-state index is 11.4. The molecule has 0 radical (unpaired) electrons. The van der Waals surface area contributed by atoms with Gasteiger partial charge < -0.3 is 5.11 Å². The zero-order chi connectivity index (χ0) is 17.4. The summed E-state index contributed by atoms with van der Waals surface area (Å²) in [7, 11) is 0. The van der Waals surface area contributed by atoms with Gasteiger partial charge in [-0.15, -0.1) is 0 Å².